The Balaban J connectivity index is 1.55. The molecule has 0 aliphatic heterocycles. The van der Waals surface area contributed by atoms with Gasteiger partial charge in [-0.3, -0.25) is 18.9 Å². The molecule has 33 heavy (non-hydrogen) atoms. The van der Waals surface area contributed by atoms with E-state index in [0.717, 1.165) is 12.0 Å². The summed E-state index contributed by atoms with van der Waals surface area (Å²) in [7, 11) is -3.95. The number of Topliss-reactive ketones (excluding diaryl/α,β-unsaturated/α-hetero) is 2. The van der Waals surface area contributed by atoms with Crippen molar-refractivity contribution in [3.05, 3.63) is 23.8 Å². The van der Waals surface area contributed by atoms with Crippen LogP contribution in [0.2, 0.25) is 0 Å². The second-order valence-electron chi connectivity index (χ2n) is 10.4. The Labute approximate surface area is 193 Å². The fourth-order valence-corrected chi connectivity index (χ4v) is 7.90. The lowest BCUT2D eigenvalue weighted by molar-refractivity contribution is -0.169. The number of carbonyl (C=O) groups is 3. The van der Waals surface area contributed by atoms with Crippen molar-refractivity contribution >= 4 is 24.9 Å². The minimum absolute atomic E-state index is 0.00890. The highest BCUT2D eigenvalue weighted by Crippen LogP contribution is 2.66. The van der Waals surface area contributed by atoms with Crippen molar-refractivity contribution in [1.82, 2.24) is 0 Å². The molecular weight excluding hydrogens is 447 g/mol. The van der Waals surface area contributed by atoms with Gasteiger partial charge in [0.15, 0.2) is 11.6 Å². The van der Waals surface area contributed by atoms with Gasteiger partial charge in [0.05, 0.1) is 6.61 Å². The molecule has 4 aliphatic carbocycles. The van der Waals surface area contributed by atoms with E-state index in [9.17, 15) is 28.9 Å². The summed E-state index contributed by atoms with van der Waals surface area (Å²) < 4.78 is 21.7. The predicted molar refractivity (Wildman–Crippen MR) is 119 cm³/mol. The van der Waals surface area contributed by atoms with Crippen LogP contribution >= 0.6 is 7.60 Å². The van der Waals surface area contributed by atoms with Gasteiger partial charge in [-0.2, -0.15) is 0 Å². The van der Waals surface area contributed by atoms with Gasteiger partial charge in [0.25, 0.3) is 0 Å². The largest absolute Gasteiger partial charge is 0.381 e. The zero-order valence-corrected chi connectivity index (χ0v) is 20.3. The van der Waals surface area contributed by atoms with Gasteiger partial charge in [-0.25, -0.2) is 0 Å². The van der Waals surface area contributed by atoms with Crippen LogP contribution in [0.5, 0.6) is 0 Å². The first-order valence-corrected chi connectivity index (χ1v) is 13.4. The maximum atomic E-state index is 13.6. The molecule has 3 saturated carbocycles. The van der Waals surface area contributed by atoms with Gasteiger partial charge in [0.1, 0.15) is 24.3 Å². The molecule has 3 fully saturated rings. The SMILES string of the molecule is CCOP(=O)(O)COCC(=O)[C@@]1(O)CC[C@H]2[C@@H]3CCC4=CC(=O)C=C[C@]4(C)[C@H]3C(=O)C[C@@]21C. The van der Waals surface area contributed by atoms with Crippen molar-refractivity contribution in [3.63, 3.8) is 0 Å². The summed E-state index contributed by atoms with van der Waals surface area (Å²) in [6.07, 6.45) is 6.80. The minimum atomic E-state index is -3.95. The van der Waals surface area contributed by atoms with Crippen molar-refractivity contribution in [2.24, 2.45) is 28.6 Å². The molecule has 0 bridgehead atoms. The van der Waals surface area contributed by atoms with E-state index in [2.05, 4.69) is 0 Å². The van der Waals surface area contributed by atoms with Crippen LogP contribution in [0.25, 0.3) is 0 Å². The van der Waals surface area contributed by atoms with Crippen LogP contribution in [0.15, 0.2) is 23.8 Å². The molecule has 7 atom stereocenters. The highest BCUT2D eigenvalue weighted by molar-refractivity contribution is 7.52. The summed E-state index contributed by atoms with van der Waals surface area (Å²) in [5, 5.41) is 11.6. The maximum absolute atomic E-state index is 13.6. The summed E-state index contributed by atoms with van der Waals surface area (Å²) in [5.74, 6) is -0.899. The molecular formula is C24H33O8P. The molecule has 0 saturated heterocycles. The Morgan fingerprint density at radius 1 is 1.27 bits per heavy atom. The van der Waals surface area contributed by atoms with E-state index in [1.807, 2.05) is 19.9 Å². The quantitative estimate of drug-likeness (QED) is 0.533. The topological polar surface area (TPSA) is 127 Å². The molecule has 4 rings (SSSR count). The van der Waals surface area contributed by atoms with Gasteiger partial charge < -0.3 is 19.3 Å². The number of allylic oxidation sites excluding steroid dienone is 4. The number of fused-ring (bicyclic) bond motifs is 5. The van der Waals surface area contributed by atoms with E-state index < -0.39 is 42.8 Å². The second-order valence-corrected chi connectivity index (χ2v) is 12.2. The van der Waals surface area contributed by atoms with Crippen LogP contribution in [0, 0.1) is 28.6 Å². The molecule has 0 radical (unpaired) electrons. The average Bonchev–Trinajstić information content (AvgIpc) is 2.99. The number of ketones is 3. The molecule has 0 aromatic rings. The van der Waals surface area contributed by atoms with Crippen LogP contribution in [-0.4, -0.2) is 52.5 Å². The predicted octanol–water partition coefficient (Wildman–Crippen LogP) is 2.97. The van der Waals surface area contributed by atoms with Crippen LogP contribution in [-0.2, 0) is 28.2 Å². The van der Waals surface area contributed by atoms with Crippen molar-refractivity contribution in [3.8, 4) is 0 Å². The van der Waals surface area contributed by atoms with Crippen LogP contribution in [0.1, 0.15) is 52.9 Å². The summed E-state index contributed by atoms with van der Waals surface area (Å²) in [4.78, 5) is 48.2. The van der Waals surface area contributed by atoms with E-state index in [1.54, 1.807) is 19.1 Å². The molecule has 0 amide bonds. The zero-order valence-electron chi connectivity index (χ0n) is 19.4. The third-order valence-corrected chi connectivity index (χ3v) is 9.86. The number of aliphatic hydroxyl groups is 1. The highest BCUT2D eigenvalue weighted by atomic mass is 31.2. The molecule has 9 heteroatoms. The first-order chi connectivity index (χ1) is 15.4. The van der Waals surface area contributed by atoms with Gasteiger partial charge in [-0.05, 0) is 56.6 Å². The van der Waals surface area contributed by atoms with E-state index in [1.165, 1.54) is 0 Å². The summed E-state index contributed by atoms with van der Waals surface area (Å²) in [6.45, 7) is 4.94. The minimum Gasteiger partial charge on any atom is -0.381 e. The van der Waals surface area contributed by atoms with Crippen molar-refractivity contribution in [2.45, 2.75) is 58.5 Å². The Kier molecular flexibility index (Phi) is 6.24. The zero-order chi connectivity index (χ0) is 24.2. The monoisotopic (exact) mass is 480 g/mol. The number of hydrogen-bond acceptors (Lipinski definition) is 7. The van der Waals surface area contributed by atoms with Crippen LogP contribution in [0.4, 0.5) is 0 Å². The highest BCUT2D eigenvalue weighted by Gasteiger charge is 2.68. The first kappa shape index (κ1) is 24.7. The Morgan fingerprint density at radius 3 is 2.70 bits per heavy atom. The number of rotatable bonds is 7. The van der Waals surface area contributed by atoms with Gasteiger partial charge in [-0.15, -0.1) is 0 Å². The molecule has 1 unspecified atom stereocenters. The lowest BCUT2D eigenvalue weighted by atomic mass is 9.46. The fourth-order valence-electron chi connectivity index (χ4n) is 7.10. The first-order valence-electron chi connectivity index (χ1n) is 11.6. The molecule has 0 heterocycles. The van der Waals surface area contributed by atoms with Crippen molar-refractivity contribution in [1.29, 1.82) is 0 Å². The molecule has 2 N–H and O–H groups in total. The summed E-state index contributed by atoms with van der Waals surface area (Å²) >= 11 is 0. The molecule has 8 nitrogen and oxygen atoms in total. The van der Waals surface area contributed by atoms with Crippen molar-refractivity contribution in [2.75, 3.05) is 19.6 Å². The smallest absolute Gasteiger partial charge is 0.353 e. The van der Waals surface area contributed by atoms with Gasteiger partial charge in [0, 0.05) is 23.2 Å². The molecule has 0 aromatic heterocycles. The van der Waals surface area contributed by atoms with E-state index in [0.29, 0.717) is 12.8 Å². The van der Waals surface area contributed by atoms with E-state index >= 15 is 0 Å². The lowest BCUT2D eigenvalue weighted by Gasteiger charge is -2.56. The fraction of sp³-hybridized carbons (Fsp3) is 0.708. The average molecular weight is 480 g/mol. The summed E-state index contributed by atoms with van der Waals surface area (Å²) in [6, 6.07) is 0. The summed E-state index contributed by atoms with van der Waals surface area (Å²) in [5.41, 5.74) is -2.18. The molecule has 4 aliphatic rings. The normalized spacial score (nSPS) is 41.6. The number of hydrogen-bond donors (Lipinski definition) is 2. The molecule has 0 aromatic carbocycles. The third kappa shape index (κ3) is 3.84. The van der Waals surface area contributed by atoms with Crippen molar-refractivity contribution < 1.29 is 38.2 Å². The lowest BCUT2D eigenvalue weighted by Crippen LogP contribution is -2.60. The van der Waals surface area contributed by atoms with Gasteiger partial charge >= 0.3 is 7.60 Å². The number of ether oxygens (including phenoxy) is 1. The molecule has 0 spiro atoms. The third-order valence-electron chi connectivity index (χ3n) is 8.69. The van der Waals surface area contributed by atoms with Gasteiger partial charge in [0.2, 0.25) is 0 Å². The Morgan fingerprint density at radius 2 is 2.00 bits per heavy atom. The second kappa shape index (κ2) is 8.35. The van der Waals surface area contributed by atoms with Gasteiger partial charge in [-0.1, -0.05) is 25.5 Å². The van der Waals surface area contributed by atoms with E-state index in [4.69, 9.17) is 9.26 Å². The van der Waals surface area contributed by atoms with E-state index in [-0.39, 0.29) is 48.8 Å². The standard InChI is InChI=1S/C24H33O8P/c1-4-32-33(29,30)14-31-13-20(27)24(28)10-8-18-17-6-5-15-11-16(25)7-9-22(15,2)21(17)19(26)12-23(18,24)3/h7,9,11,17-18,21,28H,4-6,8,10,12-14H2,1-3H3,(H,29,30)/t17-,18-,21+,22-,23-,24-/m0/s1. The van der Waals surface area contributed by atoms with Crippen LogP contribution < -0.4 is 0 Å². The Bertz CT molecular complexity index is 985. The maximum Gasteiger partial charge on any atom is 0.353 e. The van der Waals surface area contributed by atoms with Crippen LogP contribution in [0.3, 0.4) is 0 Å². The molecule has 182 valence electrons. The number of carbonyl (C=O) groups excluding carboxylic acids is 3. The Hall–Kier alpha value is -1.44.